The number of fused-ring (bicyclic) bond motifs is 1. The maximum atomic E-state index is 4.72. The molecule has 0 aliphatic carbocycles. The van der Waals surface area contributed by atoms with Crippen LogP contribution in [0.1, 0.15) is 69.7 Å². The van der Waals surface area contributed by atoms with Crippen molar-refractivity contribution in [2.75, 3.05) is 0 Å². The van der Waals surface area contributed by atoms with Gasteiger partial charge in [0.25, 0.3) is 0 Å². The number of aromatic nitrogens is 1. The molecule has 0 bridgehead atoms. The number of benzene rings is 1. The normalized spacial score (nSPS) is 11.3. The van der Waals surface area contributed by atoms with E-state index in [0.29, 0.717) is 0 Å². The maximum absolute atomic E-state index is 4.72. The van der Waals surface area contributed by atoms with Gasteiger partial charge in [-0.05, 0) is 31.0 Å². The Morgan fingerprint density at radius 1 is 0.952 bits per heavy atom. The number of nitrogens with zero attached hydrogens (tertiary/aromatic N) is 1. The van der Waals surface area contributed by atoms with Crippen molar-refractivity contribution in [2.45, 2.75) is 71.1 Å². The van der Waals surface area contributed by atoms with Gasteiger partial charge in [0.15, 0.2) is 0 Å². The summed E-state index contributed by atoms with van der Waals surface area (Å²) in [6.07, 6.45) is 13.6. The van der Waals surface area contributed by atoms with Crippen molar-refractivity contribution in [2.24, 2.45) is 0 Å². The van der Waals surface area contributed by atoms with E-state index in [1.807, 2.05) is 11.3 Å². The van der Waals surface area contributed by atoms with Crippen molar-refractivity contribution >= 4 is 37.5 Å². The zero-order chi connectivity index (χ0) is 14.9. The predicted octanol–water partition coefficient (Wildman–Crippen LogP) is 7.13. The standard InChI is InChI=1S/C18H26BrNS/c1-2-3-4-5-6-7-8-9-10-11-18-20-16-13-12-15(19)14-17(16)21-18/h12-14H,2-11H2,1H3. The summed E-state index contributed by atoms with van der Waals surface area (Å²) in [4.78, 5) is 4.72. The summed E-state index contributed by atoms with van der Waals surface area (Å²) in [5.74, 6) is 0. The third-order valence-corrected chi connectivity index (χ3v) is 5.46. The van der Waals surface area contributed by atoms with E-state index in [9.17, 15) is 0 Å². The van der Waals surface area contributed by atoms with E-state index in [1.165, 1.54) is 67.5 Å². The van der Waals surface area contributed by atoms with E-state index in [-0.39, 0.29) is 0 Å². The summed E-state index contributed by atoms with van der Waals surface area (Å²) >= 11 is 5.37. The summed E-state index contributed by atoms with van der Waals surface area (Å²) in [7, 11) is 0. The number of halogens is 1. The molecular formula is C18H26BrNS. The molecule has 3 heteroatoms. The Morgan fingerprint density at radius 2 is 1.62 bits per heavy atom. The Bertz CT molecular complexity index is 535. The lowest BCUT2D eigenvalue weighted by atomic mass is 10.1. The lowest BCUT2D eigenvalue weighted by molar-refractivity contribution is 0.564. The smallest absolute Gasteiger partial charge is 0.0938 e. The fraction of sp³-hybridized carbons (Fsp3) is 0.611. The Kier molecular flexibility index (Phi) is 7.73. The monoisotopic (exact) mass is 367 g/mol. The van der Waals surface area contributed by atoms with Crippen LogP contribution in [0.2, 0.25) is 0 Å². The highest BCUT2D eigenvalue weighted by atomic mass is 79.9. The first-order valence-electron chi connectivity index (χ1n) is 8.34. The van der Waals surface area contributed by atoms with Gasteiger partial charge in [0, 0.05) is 4.47 Å². The van der Waals surface area contributed by atoms with Gasteiger partial charge in [-0.3, -0.25) is 0 Å². The molecular weight excluding hydrogens is 342 g/mol. The zero-order valence-corrected chi connectivity index (χ0v) is 15.4. The van der Waals surface area contributed by atoms with Crippen molar-refractivity contribution in [1.82, 2.24) is 4.98 Å². The number of hydrogen-bond acceptors (Lipinski definition) is 2. The molecule has 0 fully saturated rings. The minimum Gasteiger partial charge on any atom is -0.241 e. The van der Waals surface area contributed by atoms with E-state index in [1.54, 1.807) is 0 Å². The highest BCUT2D eigenvalue weighted by Crippen LogP contribution is 2.26. The van der Waals surface area contributed by atoms with Crippen LogP contribution in [0.4, 0.5) is 0 Å². The summed E-state index contributed by atoms with van der Waals surface area (Å²) in [6.45, 7) is 2.28. The zero-order valence-electron chi connectivity index (χ0n) is 13.0. The fourth-order valence-corrected chi connectivity index (χ4v) is 4.20. The van der Waals surface area contributed by atoms with Crippen LogP contribution in [0, 0.1) is 0 Å². The fourth-order valence-electron chi connectivity index (χ4n) is 2.64. The second kappa shape index (κ2) is 9.58. The van der Waals surface area contributed by atoms with E-state index in [2.05, 4.69) is 41.1 Å². The van der Waals surface area contributed by atoms with Gasteiger partial charge >= 0.3 is 0 Å². The van der Waals surface area contributed by atoms with E-state index >= 15 is 0 Å². The molecule has 0 aliphatic rings. The van der Waals surface area contributed by atoms with Crippen LogP contribution in [0.15, 0.2) is 22.7 Å². The Labute approximate surface area is 141 Å². The summed E-state index contributed by atoms with van der Waals surface area (Å²) in [5.41, 5.74) is 1.15. The molecule has 116 valence electrons. The van der Waals surface area contributed by atoms with E-state index < -0.39 is 0 Å². The first-order chi connectivity index (χ1) is 10.3. The molecule has 2 rings (SSSR count). The molecule has 0 unspecified atom stereocenters. The number of aryl methyl sites for hydroxylation is 1. The molecule has 21 heavy (non-hydrogen) atoms. The first-order valence-corrected chi connectivity index (χ1v) is 9.95. The van der Waals surface area contributed by atoms with Crippen LogP contribution in [0.5, 0.6) is 0 Å². The SMILES string of the molecule is CCCCCCCCCCCc1nc2ccc(Br)cc2s1. The van der Waals surface area contributed by atoms with Crippen molar-refractivity contribution < 1.29 is 0 Å². The molecule has 0 spiro atoms. The number of hydrogen-bond donors (Lipinski definition) is 0. The molecule has 1 heterocycles. The Balaban J connectivity index is 1.59. The molecule has 1 aromatic carbocycles. The predicted molar refractivity (Wildman–Crippen MR) is 98.3 cm³/mol. The molecule has 0 radical (unpaired) electrons. The molecule has 0 atom stereocenters. The van der Waals surface area contributed by atoms with E-state index in [0.717, 1.165) is 16.4 Å². The van der Waals surface area contributed by atoms with Gasteiger partial charge in [-0.1, -0.05) is 74.2 Å². The molecule has 0 aliphatic heterocycles. The van der Waals surface area contributed by atoms with Crippen molar-refractivity contribution in [1.29, 1.82) is 0 Å². The van der Waals surface area contributed by atoms with E-state index in [4.69, 9.17) is 4.98 Å². The van der Waals surface area contributed by atoms with Crippen LogP contribution < -0.4 is 0 Å². The molecule has 0 saturated heterocycles. The van der Waals surface area contributed by atoms with Gasteiger partial charge in [-0.25, -0.2) is 4.98 Å². The summed E-state index contributed by atoms with van der Waals surface area (Å²) in [5, 5.41) is 1.30. The largest absolute Gasteiger partial charge is 0.241 e. The lowest BCUT2D eigenvalue weighted by Crippen LogP contribution is -1.85. The highest BCUT2D eigenvalue weighted by molar-refractivity contribution is 9.10. The van der Waals surface area contributed by atoms with Gasteiger partial charge in [-0.2, -0.15) is 0 Å². The number of rotatable bonds is 10. The first kappa shape index (κ1) is 17.0. The van der Waals surface area contributed by atoms with Gasteiger partial charge in [0.05, 0.1) is 15.2 Å². The molecule has 1 aromatic heterocycles. The van der Waals surface area contributed by atoms with Crippen molar-refractivity contribution in [3.05, 3.63) is 27.7 Å². The lowest BCUT2D eigenvalue weighted by Gasteiger charge is -2.01. The topological polar surface area (TPSA) is 12.9 Å². The van der Waals surface area contributed by atoms with Gasteiger partial charge < -0.3 is 0 Å². The average molecular weight is 368 g/mol. The van der Waals surface area contributed by atoms with Crippen LogP contribution in [-0.4, -0.2) is 4.98 Å². The van der Waals surface area contributed by atoms with Gasteiger partial charge in [0.1, 0.15) is 0 Å². The van der Waals surface area contributed by atoms with Crippen LogP contribution >= 0.6 is 27.3 Å². The molecule has 0 amide bonds. The van der Waals surface area contributed by atoms with Gasteiger partial charge in [-0.15, -0.1) is 11.3 Å². The number of unbranched alkanes of at least 4 members (excludes halogenated alkanes) is 8. The second-order valence-corrected chi connectivity index (χ2v) is 7.83. The summed E-state index contributed by atoms with van der Waals surface area (Å²) < 4.78 is 2.45. The molecule has 0 saturated carbocycles. The van der Waals surface area contributed by atoms with Crippen LogP contribution in [-0.2, 0) is 6.42 Å². The van der Waals surface area contributed by atoms with Crippen molar-refractivity contribution in [3.63, 3.8) is 0 Å². The Hall–Kier alpha value is -0.410. The maximum Gasteiger partial charge on any atom is 0.0938 e. The van der Waals surface area contributed by atoms with Gasteiger partial charge in [0.2, 0.25) is 0 Å². The molecule has 1 nitrogen and oxygen atoms in total. The quantitative estimate of drug-likeness (QED) is 0.406. The Morgan fingerprint density at radius 3 is 2.33 bits per heavy atom. The van der Waals surface area contributed by atoms with Crippen LogP contribution in [0.25, 0.3) is 10.2 Å². The number of thiazole rings is 1. The molecule has 0 N–H and O–H groups in total. The second-order valence-electron chi connectivity index (χ2n) is 5.80. The average Bonchev–Trinajstić information content (AvgIpc) is 2.87. The third kappa shape index (κ3) is 6.07. The van der Waals surface area contributed by atoms with Crippen LogP contribution in [0.3, 0.4) is 0 Å². The minimum atomic E-state index is 1.15. The molecule has 2 aromatic rings. The van der Waals surface area contributed by atoms with Crippen molar-refractivity contribution in [3.8, 4) is 0 Å². The third-order valence-electron chi connectivity index (χ3n) is 3.89. The minimum absolute atomic E-state index is 1.15. The summed E-state index contributed by atoms with van der Waals surface area (Å²) in [6, 6.07) is 6.35. The highest BCUT2D eigenvalue weighted by Gasteiger charge is 2.04.